The van der Waals surface area contributed by atoms with Crippen molar-refractivity contribution in [1.29, 1.82) is 0 Å². The van der Waals surface area contributed by atoms with Crippen molar-refractivity contribution in [1.82, 2.24) is 20.7 Å². The Morgan fingerprint density at radius 3 is 1.58 bits per heavy atom. The smallest absolute Gasteiger partial charge is 0.0623 e. The van der Waals surface area contributed by atoms with Crippen LogP contribution in [-0.4, -0.2) is 49.5 Å². The average Bonchev–Trinajstić information content (AvgIpc) is 2.21. The first-order valence-electron chi connectivity index (χ1n) is 4.88. The molecule has 12 heavy (non-hydrogen) atoms. The van der Waals surface area contributed by atoms with Gasteiger partial charge in [-0.1, -0.05) is 0 Å². The average molecular weight is 170 g/mol. The fraction of sp³-hybridized carbons (Fsp3) is 1.00. The largest absolute Gasteiger partial charge is 0.303 e. The molecule has 2 rings (SSSR count). The molecule has 0 aromatic heterocycles. The zero-order chi connectivity index (χ0) is 8.23. The molecule has 0 radical (unpaired) electrons. The molecule has 70 valence electrons. The summed E-state index contributed by atoms with van der Waals surface area (Å²) >= 11 is 0. The summed E-state index contributed by atoms with van der Waals surface area (Å²) in [4.78, 5) is 0. The van der Waals surface area contributed by atoms with Crippen LogP contribution >= 0.6 is 0 Å². The van der Waals surface area contributed by atoms with Crippen molar-refractivity contribution in [3.63, 3.8) is 0 Å². The summed E-state index contributed by atoms with van der Waals surface area (Å²) in [6, 6.07) is 0. The SMILES string of the molecule is C1CNCN(N2CCCNC2)C1. The van der Waals surface area contributed by atoms with Crippen LogP contribution in [0, 0.1) is 0 Å². The minimum absolute atomic E-state index is 1.03. The lowest BCUT2D eigenvalue weighted by molar-refractivity contribution is -0.0611. The third kappa shape index (κ3) is 1.95. The van der Waals surface area contributed by atoms with Gasteiger partial charge in [-0.2, -0.15) is 0 Å². The Hall–Kier alpha value is -0.160. The molecule has 0 spiro atoms. The molecule has 2 fully saturated rings. The van der Waals surface area contributed by atoms with E-state index in [-0.39, 0.29) is 0 Å². The third-order valence-corrected chi connectivity index (χ3v) is 2.53. The molecule has 2 aliphatic heterocycles. The molecule has 0 aromatic rings. The molecule has 0 unspecified atom stereocenters. The minimum Gasteiger partial charge on any atom is -0.303 e. The predicted molar refractivity (Wildman–Crippen MR) is 48.4 cm³/mol. The second-order valence-electron chi connectivity index (χ2n) is 3.48. The number of nitrogens with zero attached hydrogens (tertiary/aromatic N) is 2. The monoisotopic (exact) mass is 170 g/mol. The molecule has 0 atom stereocenters. The highest BCUT2D eigenvalue weighted by Gasteiger charge is 2.18. The number of hydrogen-bond acceptors (Lipinski definition) is 4. The van der Waals surface area contributed by atoms with Gasteiger partial charge in [-0.05, 0) is 25.9 Å². The standard InChI is InChI=1S/C8H18N4/c1-3-9-7-11(5-1)12-6-2-4-10-8-12/h9-10H,1-8H2. The Morgan fingerprint density at radius 2 is 1.25 bits per heavy atom. The number of hydrazine groups is 1. The molecule has 4 heteroatoms. The molecular weight excluding hydrogens is 152 g/mol. The lowest BCUT2D eigenvalue weighted by Crippen LogP contribution is -2.56. The van der Waals surface area contributed by atoms with E-state index in [2.05, 4.69) is 20.7 Å². The maximum absolute atomic E-state index is 3.39. The molecule has 0 saturated carbocycles. The predicted octanol–water partition coefficient (Wildman–Crippen LogP) is -0.593. The molecule has 0 aromatic carbocycles. The summed E-state index contributed by atoms with van der Waals surface area (Å²) in [5.41, 5.74) is 0. The van der Waals surface area contributed by atoms with Crippen LogP contribution in [0.5, 0.6) is 0 Å². The summed E-state index contributed by atoms with van der Waals surface area (Å²) in [5.74, 6) is 0. The van der Waals surface area contributed by atoms with Gasteiger partial charge in [-0.15, -0.1) is 0 Å². The third-order valence-electron chi connectivity index (χ3n) is 2.53. The van der Waals surface area contributed by atoms with Crippen molar-refractivity contribution in [3.05, 3.63) is 0 Å². The molecule has 4 nitrogen and oxygen atoms in total. The summed E-state index contributed by atoms with van der Waals surface area (Å²) < 4.78 is 0. The maximum atomic E-state index is 3.39. The van der Waals surface area contributed by atoms with Crippen molar-refractivity contribution in [2.45, 2.75) is 12.8 Å². The van der Waals surface area contributed by atoms with Gasteiger partial charge >= 0.3 is 0 Å². The molecule has 2 N–H and O–H groups in total. The Kier molecular flexibility index (Phi) is 2.94. The van der Waals surface area contributed by atoms with E-state index in [4.69, 9.17) is 0 Å². The minimum atomic E-state index is 1.03. The summed E-state index contributed by atoms with van der Waals surface area (Å²) in [6.45, 7) is 6.85. The quantitative estimate of drug-likeness (QED) is 0.550. The normalized spacial score (nSPS) is 29.0. The Morgan fingerprint density at radius 1 is 0.750 bits per heavy atom. The number of hydrogen-bond donors (Lipinski definition) is 2. The van der Waals surface area contributed by atoms with Crippen LogP contribution in [0.25, 0.3) is 0 Å². The van der Waals surface area contributed by atoms with E-state index in [0.717, 1.165) is 13.3 Å². The Balaban J connectivity index is 1.80. The van der Waals surface area contributed by atoms with Crippen LogP contribution in [0.4, 0.5) is 0 Å². The van der Waals surface area contributed by atoms with Gasteiger partial charge in [-0.25, -0.2) is 10.0 Å². The lowest BCUT2D eigenvalue weighted by Gasteiger charge is -2.39. The maximum Gasteiger partial charge on any atom is 0.0623 e. The molecule has 0 aliphatic carbocycles. The first-order chi connectivity index (χ1) is 5.97. The summed E-state index contributed by atoms with van der Waals surface area (Å²) in [7, 11) is 0. The highest BCUT2D eigenvalue weighted by atomic mass is 15.7. The van der Waals surface area contributed by atoms with Gasteiger partial charge in [0.05, 0.1) is 13.3 Å². The van der Waals surface area contributed by atoms with Gasteiger partial charge in [0.2, 0.25) is 0 Å². The fourth-order valence-corrected chi connectivity index (χ4v) is 1.83. The van der Waals surface area contributed by atoms with E-state index in [0.29, 0.717) is 0 Å². The molecular formula is C8H18N4. The fourth-order valence-electron chi connectivity index (χ4n) is 1.83. The van der Waals surface area contributed by atoms with Gasteiger partial charge < -0.3 is 10.6 Å². The van der Waals surface area contributed by atoms with Crippen molar-refractivity contribution < 1.29 is 0 Å². The van der Waals surface area contributed by atoms with Gasteiger partial charge in [0, 0.05) is 13.1 Å². The Bertz CT molecular complexity index is 111. The van der Waals surface area contributed by atoms with Gasteiger partial charge in [0.25, 0.3) is 0 Å². The van der Waals surface area contributed by atoms with Crippen molar-refractivity contribution in [2.75, 3.05) is 39.5 Å². The molecule has 0 amide bonds. The highest BCUT2D eigenvalue weighted by Crippen LogP contribution is 2.04. The van der Waals surface area contributed by atoms with Crippen LogP contribution in [0.2, 0.25) is 0 Å². The van der Waals surface area contributed by atoms with Crippen molar-refractivity contribution in [2.24, 2.45) is 0 Å². The molecule has 2 heterocycles. The van der Waals surface area contributed by atoms with Crippen LogP contribution in [0.15, 0.2) is 0 Å². The highest BCUT2D eigenvalue weighted by molar-refractivity contribution is 4.66. The van der Waals surface area contributed by atoms with Crippen LogP contribution in [0.1, 0.15) is 12.8 Å². The van der Waals surface area contributed by atoms with E-state index in [1.54, 1.807) is 0 Å². The van der Waals surface area contributed by atoms with Gasteiger partial charge in [0.1, 0.15) is 0 Å². The van der Waals surface area contributed by atoms with E-state index >= 15 is 0 Å². The Labute approximate surface area is 73.9 Å². The van der Waals surface area contributed by atoms with Crippen LogP contribution < -0.4 is 10.6 Å². The molecule has 2 aliphatic rings. The van der Waals surface area contributed by atoms with Gasteiger partial charge in [0.15, 0.2) is 0 Å². The van der Waals surface area contributed by atoms with Gasteiger partial charge in [-0.3, -0.25) is 0 Å². The van der Waals surface area contributed by atoms with Crippen molar-refractivity contribution in [3.8, 4) is 0 Å². The second kappa shape index (κ2) is 4.18. The number of rotatable bonds is 1. The topological polar surface area (TPSA) is 30.5 Å². The van der Waals surface area contributed by atoms with Crippen molar-refractivity contribution >= 4 is 0 Å². The summed E-state index contributed by atoms with van der Waals surface area (Å²) in [6.07, 6.45) is 2.55. The zero-order valence-corrected chi connectivity index (χ0v) is 7.55. The van der Waals surface area contributed by atoms with Crippen LogP contribution in [-0.2, 0) is 0 Å². The second-order valence-corrected chi connectivity index (χ2v) is 3.48. The van der Waals surface area contributed by atoms with E-state index < -0.39 is 0 Å². The van der Waals surface area contributed by atoms with E-state index in [1.165, 1.54) is 39.0 Å². The number of nitrogens with one attached hydrogen (secondary N) is 2. The first-order valence-corrected chi connectivity index (χ1v) is 4.88. The molecule has 0 bridgehead atoms. The van der Waals surface area contributed by atoms with Crippen LogP contribution in [0.3, 0.4) is 0 Å². The summed E-state index contributed by atoms with van der Waals surface area (Å²) in [5, 5.41) is 11.6. The van der Waals surface area contributed by atoms with E-state index in [1.807, 2.05) is 0 Å². The zero-order valence-electron chi connectivity index (χ0n) is 7.55. The van der Waals surface area contributed by atoms with E-state index in [9.17, 15) is 0 Å². The first kappa shape index (κ1) is 8.44. The lowest BCUT2D eigenvalue weighted by atomic mass is 10.3. The molecule has 2 saturated heterocycles.